The van der Waals surface area contributed by atoms with Crippen LogP contribution < -0.4 is 4.74 Å². The number of carboxylic acid groups (broad SMARTS) is 1. The molecule has 1 aromatic heterocycles. The monoisotopic (exact) mass is 322 g/mol. The van der Waals surface area contributed by atoms with E-state index in [1.165, 1.54) is 0 Å². The second-order valence-electron chi connectivity index (χ2n) is 5.31. The summed E-state index contributed by atoms with van der Waals surface area (Å²) in [5.41, 5.74) is 2.91. The minimum absolute atomic E-state index is 0.231. The van der Waals surface area contributed by atoms with Crippen molar-refractivity contribution in [3.05, 3.63) is 65.9 Å². The highest BCUT2D eigenvalue weighted by molar-refractivity contribution is 5.96. The van der Waals surface area contributed by atoms with E-state index in [9.17, 15) is 9.90 Å². The Kier molecular flexibility index (Phi) is 4.33. The van der Waals surface area contributed by atoms with Crippen molar-refractivity contribution in [2.45, 2.75) is 13.3 Å². The Morgan fingerprint density at radius 2 is 1.92 bits per heavy atom. The van der Waals surface area contributed by atoms with Gasteiger partial charge in [-0.1, -0.05) is 37.3 Å². The largest absolute Gasteiger partial charge is 0.497 e. The Morgan fingerprint density at radius 1 is 1.17 bits per heavy atom. The lowest BCUT2D eigenvalue weighted by Crippen LogP contribution is -2.05. The van der Waals surface area contributed by atoms with Crippen molar-refractivity contribution in [3.8, 4) is 22.7 Å². The number of nitrogens with zero attached hydrogens (tertiary/aromatic N) is 2. The molecule has 0 unspecified atom stereocenters. The third-order valence-electron chi connectivity index (χ3n) is 3.87. The van der Waals surface area contributed by atoms with E-state index < -0.39 is 5.97 Å². The summed E-state index contributed by atoms with van der Waals surface area (Å²) in [6.07, 6.45) is 0.563. The molecular weight excluding hydrogens is 304 g/mol. The van der Waals surface area contributed by atoms with Gasteiger partial charge in [-0.3, -0.25) is 0 Å². The highest BCUT2D eigenvalue weighted by atomic mass is 16.5. The van der Waals surface area contributed by atoms with Gasteiger partial charge in [0.15, 0.2) is 0 Å². The number of benzene rings is 2. The number of carbonyl (C=O) groups is 1. The Balaban J connectivity index is 2.26. The standard InChI is InChI=1S/C19H18N2O3/c1-3-16-17(19(22)23)18(13-8-7-11-15(12-13)24-2)20-21(16)14-9-5-4-6-10-14/h4-12H,3H2,1-2H3,(H,22,23). The van der Waals surface area contributed by atoms with Gasteiger partial charge in [-0.05, 0) is 30.7 Å². The number of hydrogen-bond donors (Lipinski definition) is 1. The van der Waals surface area contributed by atoms with Crippen LogP contribution in [0, 0.1) is 0 Å². The van der Waals surface area contributed by atoms with Crippen molar-refractivity contribution in [1.82, 2.24) is 9.78 Å². The quantitative estimate of drug-likeness (QED) is 0.776. The fourth-order valence-electron chi connectivity index (χ4n) is 2.76. The minimum atomic E-state index is -0.980. The maximum atomic E-state index is 11.9. The fraction of sp³-hybridized carbons (Fsp3) is 0.158. The lowest BCUT2D eigenvalue weighted by molar-refractivity contribution is 0.0696. The molecule has 0 saturated carbocycles. The molecule has 122 valence electrons. The van der Waals surface area contributed by atoms with E-state index in [1.54, 1.807) is 17.9 Å². The van der Waals surface area contributed by atoms with Crippen LogP contribution in [0.5, 0.6) is 5.75 Å². The van der Waals surface area contributed by atoms with Gasteiger partial charge in [-0.25, -0.2) is 9.48 Å². The first-order valence-corrected chi connectivity index (χ1v) is 7.70. The molecule has 0 spiro atoms. The third-order valence-corrected chi connectivity index (χ3v) is 3.87. The van der Waals surface area contributed by atoms with Gasteiger partial charge in [0.25, 0.3) is 0 Å². The third kappa shape index (κ3) is 2.76. The number of aromatic carboxylic acids is 1. The van der Waals surface area contributed by atoms with Crippen LogP contribution >= 0.6 is 0 Å². The Morgan fingerprint density at radius 3 is 2.54 bits per heavy atom. The zero-order chi connectivity index (χ0) is 17.1. The van der Waals surface area contributed by atoms with E-state index in [0.717, 1.165) is 11.3 Å². The van der Waals surface area contributed by atoms with Crippen molar-refractivity contribution in [2.75, 3.05) is 7.11 Å². The molecule has 24 heavy (non-hydrogen) atoms. The smallest absolute Gasteiger partial charge is 0.339 e. The summed E-state index contributed by atoms with van der Waals surface area (Å²) in [6.45, 7) is 1.93. The molecule has 5 nitrogen and oxygen atoms in total. The fourth-order valence-corrected chi connectivity index (χ4v) is 2.76. The van der Waals surface area contributed by atoms with Crippen molar-refractivity contribution < 1.29 is 14.6 Å². The number of carboxylic acids is 1. The highest BCUT2D eigenvalue weighted by Crippen LogP contribution is 2.30. The van der Waals surface area contributed by atoms with E-state index in [0.29, 0.717) is 23.6 Å². The summed E-state index contributed by atoms with van der Waals surface area (Å²) < 4.78 is 6.95. The average molecular weight is 322 g/mol. The maximum absolute atomic E-state index is 11.9. The summed E-state index contributed by atoms with van der Waals surface area (Å²) in [6, 6.07) is 16.8. The predicted molar refractivity (Wildman–Crippen MR) is 91.9 cm³/mol. The molecule has 3 rings (SSSR count). The molecule has 5 heteroatoms. The van der Waals surface area contributed by atoms with Gasteiger partial charge >= 0.3 is 5.97 Å². The van der Waals surface area contributed by atoms with Crippen molar-refractivity contribution >= 4 is 5.97 Å². The Labute approximate surface area is 140 Å². The summed E-state index contributed by atoms with van der Waals surface area (Å²) in [5, 5.41) is 14.3. The number of ether oxygens (including phenoxy) is 1. The van der Waals surface area contributed by atoms with E-state index >= 15 is 0 Å². The first kappa shape index (κ1) is 15.8. The molecule has 2 aromatic carbocycles. The van der Waals surface area contributed by atoms with Gasteiger partial charge in [0.1, 0.15) is 17.0 Å². The van der Waals surface area contributed by atoms with Gasteiger partial charge < -0.3 is 9.84 Å². The molecular formula is C19H18N2O3. The number of para-hydroxylation sites is 1. The van der Waals surface area contributed by atoms with Crippen LogP contribution in [0.4, 0.5) is 0 Å². The molecule has 1 heterocycles. The first-order valence-electron chi connectivity index (χ1n) is 7.70. The number of hydrogen-bond acceptors (Lipinski definition) is 3. The molecule has 0 saturated heterocycles. The second kappa shape index (κ2) is 6.58. The van der Waals surface area contributed by atoms with Crippen LogP contribution in [0.25, 0.3) is 16.9 Å². The molecule has 0 fully saturated rings. The number of rotatable bonds is 5. The lowest BCUT2D eigenvalue weighted by atomic mass is 10.0. The van der Waals surface area contributed by atoms with Gasteiger partial charge in [-0.15, -0.1) is 0 Å². The minimum Gasteiger partial charge on any atom is -0.497 e. The van der Waals surface area contributed by atoms with Crippen LogP contribution in [0.1, 0.15) is 23.0 Å². The molecule has 0 aliphatic carbocycles. The van der Waals surface area contributed by atoms with E-state index in [1.807, 2.05) is 55.5 Å². The number of aromatic nitrogens is 2. The van der Waals surface area contributed by atoms with Crippen LogP contribution in [0.3, 0.4) is 0 Å². The van der Waals surface area contributed by atoms with Gasteiger partial charge in [0.2, 0.25) is 0 Å². The average Bonchev–Trinajstić information content (AvgIpc) is 3.02. The van der Waals surface area contributed by atoms with E-state index in [4.69, 9.17) is 4.74 Å². The molecule has 0 bridgehead atoms. The molecule has 1 N–H and O–H groups in total. The summed E-state index contributed by atoms with van der Waals surface area (Å²) in [5.74, 6) is -0.317. The van der Waals surface area contributed by atoms with Crippen LogP contribution in [0.15, 0.2) is 54.6 Å². The molecule has 0 amide bonds. The van der Waals surface area contributed by atoms with Crippen LogP contribution in [-0.2, 0) is 6.42 Å². The molecule has 0 aliphatic heterocycles. The topological polar surface area (TPSA) is 64.3 Å². The molecule has 0 radical (unpaired) electrons. The van der Waals surface area contributed by atoms with Gasteiger partial charge in [0.05, 0.1) is 18.5 Å². The zero-order valence-electron chi connectivity index (χ0n) is 13.6. The second-order valence-corrected chi connectivity index (χ2v) is 5.31. The first-order chi connectivity index (χ1) is 11.7. The molecule has 0 aliphatic rings. The Hall–Kier alpha value is -3.08. The maximum Gasteiger partial charge on any atom is 0.339 e. The highest BCUT2D eigenvalue weighted by Gasteiger charge is 2.24. The SMILES string of the molecule is CCc1c(C(=O)O)c(-c2cccc(OC)c2)nn1-c1ccccc1. The Bertz CT molecular complexity index is 870. The summed E-state index contributed by atoms with van der Waals surface area (Å²) in [7, 11) is 1.58. The predicted octanol–water partition coefficient (Wildman–Crippen LogP) is 3.81. The summed E-state index contributed by atoms with van der Waals surface area (Å²) in [4.78, 5) is 11.9. The summed E-state index contributed by atoms with van der Waals surface area (Å²) >= 11 is 0. The van der Waals surface area contributed by atoms with Crippen molar-refractivity contribution in [3.63, 3.8) is 0 Å². The lowest BCUT2D eigenvalue weighted by Gasteiger charge is -2.05. The van der Waals surface area contributed by atoms with Crippen molar-refractivity contribution in [2.24, 2.45) is 0 Å². The van der Waals surface area contributed by atoms with Crippen LogP contribution in [-0.4, -0.2) is 28.0 Å². The van der Waals surface area contributed by atoms with Crippen LogP contribution in [0.2, 0.25) is 0 Å². The van der Waals surface area contributed by atoms with Gasteiger partial charge in [0, 0.05) is 5.56 Å². The zero-order valence-corrected chi connectivity index (χ0v) is 13.6. The number of methoxy groups -OCH3 is 1. The van der Waals surface area contributed by atoms with E-state index in [-0.39, 0.29) is 5.56 Å². The normalized spacial score (nSPS) is 10.6. The van der Waals surface area contributed by atoms with E-state index in [2.05, 4.69) is 5.10 Å². The van der Waals surface area contributed by atoms with Crippen molar-refractivity contribution in [1.29, 1.82) is 0 Å². The molecule has 3 aromatic rings. The molecule has 0 atom stereocenters. The van der Waals surface area contributed by atoms with Gasteiger partial charge in [-0.2, -0.15) is 5.10 Å².